The van der Waals surface area contributed by atoms with Crippen LogP contribution in [0.5, 0.6) is 5.75 Å². The number of para-hydroxylation sites is 1. The summed E-state index contributed by atoms with van der Waals surface area (Å²) in [5, 5.41) is 1.84. The van der Waals surface area contributed by atoms with Gasteiger partial charge in [-0.1, -0.05) is 54.1 Å². The summed E-state index contributed by atoms with van der Waals surface area (Å²) < 4.78 is 5.38. The number of aromatic nitrogens is 1. The molecule has 0 N–H and O–H groups in total. The lowest BCUT2D eigenvalue weighted by Gasteiger charge is -2.18. The van der Waals surface area contributed by atoms with E-state index in [4.69, 9.17) is 32.9 Å². The summed E-state index contributed by atoms with van der Waals surface area (Å²) in [5.41, 5.74) is 6.78. The van der Waals surface area contributed by atoms with E-state index in [1.165, 1.54) is 16.7 Å². The van der Waals surface area contributed by atoms with Gasteiger partial charge in [-0.15, -0.1) is 11.6 Å². The van der Waals surface area contributed by atoms with Crippen LogP contribution in [0.25, 0.3) is 22.0 Å². The molecule has 0 aliphatic heterocycles. The fraction of sp³-hybridized carbons (Fsp3) is 0.179. The molecule has 0 unspecified atom stereocenters. The van der Waals surface area contributed by atoms with Gasteiger partial charge in [-0.25, -0.2) is 0 Å². The van der Waals surface area contributed by atoms with E-state index >= 15 is 0 Å². The molecule has 0 saturated heterocycles. The van der Waals surface area contributed by atoms with E-state index in [1.807, 2.05) is 48.7 Å². The van der Waals surface area contributed by atoms with Crippen molar-refractivity contribution in [3.8, 4) is 5.75 Å². The molecule has 0 aliphatic rings. The number of unbranched alkanes of at least 4 members (excludes halogenated alkanes) is 1. The summed E-state index contributed by atoms with van der Waals surface area (Å²) in [6.45, 7) is 0. The van der Waals surface area contributed by atoms with Crippen molar-refractivity contribution in [3.63, 3.8) is 0 Å². The molecule has 0 spiro atoms. The van der Waals surface area contributed by atoms with Crippen molar-refractivity contribution >= 4 is 45.3 Å². The minimum Gasteiger partial charge on any atom is -0.497 e. The molecule has 4 aromatic rings. The number of alkyl halides is 1. The predicted molar refractivity (Wildman–Crippen MR) is 137 cm³/mol. The van der Waals surface area contributed by atoms with Crippen molar-refractivity contribution in [1.82, 2.24) is 4.98 Å². The highest BCUT2D eigenvalue weighted by atomic mass is 35.5. The van der Waals surface area contributed by atoms with Gasteiger partial charge in [0.15, 0.2) is 0 Å². The highest BCUT2D eigenvalue weighted by Gasteiger charge is 2.15. The quantitative estimate of drug-likeness (QED) is 0.149. The Kier molecular flexibility index (Phi) is 7.47. The highest BCUT2D eigenvalue weighted by Crippen LogP contribution is 2.37. The van der Waals surface area contributed by atoms with Gasteiger partial charge in [0.2, 0.25) is 0 Å². The van der Waals surface area contributed by atoms with Crippen molar-refractivity contribution in [3.05, 3.63) is 107 Å². The third-order valence-corrected chi connectivity index (χ3v) is 6.08. The number of benzene rings is 3. The van der Waals surface area contributed by atoms with Gasteiger partial charge in [-0.3, -0.25) is 4.98 Å². The lowest BCUT2D eigenvalue weighted by Crippen LogP contribution is -1.98. The molecule has 4 heteroatoms. The smallest absolute Gasteiger partial charge is 0.118 e. The van der Waals surface area contributed by atoms with E-state index in [2.05, 4.69) is 36.4 Å². The number of methoxy groups -OCH3 is 1. The number of hydrogen-bond donors (Lipinski definition) is 0. The van der Waals surface area contributed by atoms with E-state index in [0.29, 0.717) is 5.88 Å². The number of nitrogens with zero attached hydrogens (tertiary/aromatic N) is 1. The van der Waals surface area contributed by atoms with Crippen LogP contribution in [0.4, 0.5) is 0 Å². The Hall–Kier alpha value is -2.81. The van der Waals surface area contributed by atoms with Crippen LogP contribution in [-0.4, -0.2) is 18.0 Å². The molecular weight excluding hydrogens is 437 g/mol. The first kappa shape index (κ1) is 22.4. The van der Waals surface area contributed by atoms with Gasteiger partial charge in [0.25, 0.3) is 0 Å². The second kappa shape index (κ2) is 10.7. The summed E-state index contributed by atoms with van der Waals surface area (Å²) >= 11 is 12.2. The van der Waals surface area contributed by atoms with Crippen LogP contribution in [0.2, 0.25) is 5.02 Å². The lowest BCUT2D eigenvalue weighted by molar-refractivity contribution is 0.415. The number of halogens is 2. The van der Waals surface area contributed by atoms with Crippen LogP contribution < -0.4 is 4.74 Å². The molecule has 1 heterocycles. The molecule has 32 heavy (non-hydrogen) atoms. The van der Waals surface area contributed by atoms with E-state index < -0.39 is 0 Å². The van der Waals surface area contributed by atoms with E-state index in [1.54, 1.807) is 7.11 Å². The molecule has 0 atom stereocenters. The largest absolute Gasteiger partial charge is 0.497 e. The Morgan fingerprint density at radius 3 is 2.28 bits per heavy atom. The second-order valence-corrected chi connectivity index (χ2v) is 8.47. The number of fused-ring (bicyclic) bond motifs is 1. The lowest BCUT2D eigenvalue weighted by atomic mass is 9.87. The molecule has 0 amide bonds. The molecule has 0 aliphatic carbocycles. The summed E-state index contributed by atoms with van der Waals surface area (Å²) in [4.78, 5) is 4.74. The van der Waals surface area contributed by atoms with Gasteiger partial charge in [0.05, 0.1) is 12.6 Å². The third kappa shape index (κ3) is 5.15. The van der Waals surface area contributed by atoms with Crippen LogP contribution in [0.15, 0.2) is 85.1 Å². The summed E-state index contributed by atoms with van der Waals surface area (Å²) in [5.74, 6) is 1.50. The number of rotatable bonds is 8. The second-order valence-electron chi connectivity index (χ2n) is 7.65. The molecule has 1 aromatic heterocycles. The van der Waals surface area contributed by atoms with Gasteiger partial charge in [-0.2, -0.15) is 0 Å². The minimum atomic E-state index is 0.656. The Morgan fingerprint density at radius 1 is 0.844 bits per heavy atom. The Balaban J connectivity index is 1.95. The van der Waals surface area contributed by atoms with Crippen LogP contribution in [0, 0.1) is 0 Å². The fourth-order valence-electron chi connectivity index (χ4n) is 3.94. The van der Waals surface area contributed by atoms with Crippen molar-refractivity contribution < 1.29 is 4.74 Å². The van der Waals surface area contributed by atoms with E-state index in [9.17, 15) is 0 Å². The molecule has 0 saturated carbocycles. The van der Waals surface area contributed by atoms with Crippen molar-refractivity contribution in [2.24, 2.45) is 0 Å². The first-order chi connectivity index (χ1) is 15.7. The molecule has 0 fully saturated rings. The molecule has 0 bridgehead atoms. The maximum Gasteiger partial charge on any atom is 0.118 e. The Morgan fingerprint density at radius 2 is 1.56 bits per heavy atom. The zero-order chi connectivity index (χ0) is 22.3. The molecule has 0 radical (unpaired) electrons. The molecular formula is C28H25Cl2NO. The van der Waals surface area contributed by atoms with Gasteiger partial charge in [0, 0.05) is 28.0 Å². The van der Waals surface area contributed by atoms with Crippen LogP contribution in [-0.2, 0) is 0 Å². The predicted octanol–water partition coefficient (Wildman–Crippen LogP) is 8.27. The maximum absolute atomic E-state index is 6.22. The van der Waals surface area contributed by atoms with Gasteiger partial charge in [0.1, 0.15) is 5.75 Å². The first-order valence-corrected chi connectivity index (χ1v) is 11.7. The van der Waals surface area contributed by atoms with Crippen LogP contribution in [0.1, 0.15) is 36.0 Å². The molecule has 162 valence electrons. The molecule has 3 aromatic carbocycles. The fourth-order valence-corrected chi connectivity index (χ4v) is 4.26. The van der Waals surface area contributed by atoms with Gasteiger partial charge in [-0.05, 0) is 77.9 Å². The zero-order valence-electron chi connectivity index (χ0n) is 18.0. The number of hydrogen-bond acceptors (Lipinski definition) is 2. The van der Waals surface area contributed by atoms with Crippen molar-refractivity contribution in [2.75, 3.05) is 13.0 Å². The van der Waals surface area contributed by atoms with E-state index in [0.717, 1.165) is 52.1 Å². The number of ether oxygens (including phenoxy) is 1. The number of pyridine rings is 1. The molecule has 4 rings (SSSR count). The monoisotopic (exact) mass is 461 g/mol. The normalized spacial score (nSPS) is 12.0. The SMILES string of the molecule is COc1ccc(C(CCCCCl)=C(c2ccc(Cl)cc2)c2cnc3ccccc3c2)cc1. The Labute approximate surface area is 199 Å². The molecule has 2 nitrogen and oxygen atoms in total. The maximum atomic E-state index is 6.22. The number of allylic oxidation sites excluding steroid dienone is 1. The standard InChI is InChI=1S/C28H25Cl2NO/c1-32-25-15-11-20(12-16-25)26(7-4-5-17-29)28(21-9-13-24(30)14-10-21)23-18-22-6-2-3-8-27(22)31-19-23/h2-3,6,8-16,18-19H,4-5,7,17H2,1H3. The average molecular weight is 462 g/mol. The third-order valence-electron chi connectivity index (χ3n) is 5.56. The summed E-state index contributed by atoms with van der Waals surface area (Å²) in [6.07, 6.45) is 4.84. The summed E-state index contributed by atoms with van der Waals surface area (Å²) in [7, 11) is 1.69. The topological polar surface area (TPSA) is 22.1 Å². The average Bonchev–Trinajstić information content (AvgIpc) is 2.84. The minimum absolute atomic E-state index is 0.656. The van der Waals surface area contributed by atoms with Crippen molar-refractivity contribution in [2.45, 2.75) is 19.3 Å². The van der Waals surface area contributed by atoms with E-state index in [-0.39, 0.29) is 0 Å². The summed E-state index contributed by atoms with van der Waals surface area (Å²) in [6, 6.07) is 26.7. The highest BCUT2D eigenvalue weighted by molar-refractivity contribution is 6.30. The van der Waals surface area contributed by atoms with Crippen LogP contribution >= 0.6 is 23.2 Å². The first-order valence-electron chi connectivity index (χ1n) is 10.7. The van der Waals surface area contributed by atoms with Crippen LogP contribution in [0.3, 0.4) is 0 Å². The van der Waals surface area contributed by atoms with Gasteiger partial charge < -0.3 is 4.74 Å². The zero-order valence-corrected chi connectivity index (χ0v) is 19.5. The van der Waals surface area contributed by atoms with Gasteiger partial charge >= 0.3 is 0 Å². The van der Waals surface area contributed by atoms with Crippen molar-refractivity contribution in [1.29, 1.82) is 0 Å². The Bertz CT molecular complexity index is 1210.